The maximum absolute atomic E-state index is 11.2. The van der Waals surface area contributed by atoms with E-state index in [0.29, 0.717) is 12.0 Å². The largest absolute Gasteiger partial charge is 0.465 e. The molecule has 1 heterocycles. The van der Waals surface area contributed by atoms with Crippen LogP contribution in [0.15, 0.2) is 18.2 Å². The van der Waals surface area contributed by atoms with Crippen LogP contribution in [0.2, 0.25) is 0 Å². The van der Waals surface area contributed by atoms with Gasteiger partial charge in [-0.3, -0.25) is 0 Å². The van der Waals surface area contributed by atoms with Gasteiger partial charge in [-0.1, -0.05) is 0 Å². The molecule has 2 N–H and O–H groups in total. The molecule has 0 bridgehead atoms. The minimum atomic E-state index is -0.544. The summed E-state index contributed by atoms with van der Waals surface area (Å²) in [4.78, 5) is 11.2. The Balaban J connectivity index is 2.33. The van der Waals surface area contributed by atoms with Crippen LogP contribution in [0.25, 0.3) is 0 Å². The Bertz CT molecular complexity index is 376. The summed E-state index contributed by atoms with van der Waals surface area (Å²) in [5, 5.41) is 12.2. The summed E-state index contributed by atoms with van der Waals surface area (Å²) >= 11 is 0. The van der Waals surface area contributed by atoms with Gasteiger partial charge in [-0.2, -0.15) is 0 Å². The number of esters is 1. The Morgan fingerprint density at radius 1 is 1.64 bits per heavy atom. The first-order chi connectivity index (χ1) is 6.70. The lowest BCUT2D eigenvalue weighted by Crippen LogP contribution is -2.12. The third kappa shape index (κ3) is 1.44. The van der Waals surface area contributed by atoms with Crippen molar-refractivity contribution in [1.29, 1.82) is 0 Å². The number of rotatable bonds is 1. The maximum Gasteiger partial charge on any atom is 0.337 e. The van der Waals surface area contributed by atoms with Crippen molar-refractivity contribution in [3.8, 4) is 0 Å². The zero-order chi connectivity index (χ0) is 10.1. The molecule has 4 heteroatoms. The highest BCUT2D eigenvalue weighted by molar-refractivity contribution is 5.90. The summed E-state index contributed by atoms with van der Waals surface area (Å²) in [6.45, 7) is 0. The van der Waals surface area contributed by atoms with E-state index in [4.69, 9.17) is 0 Å². The molecular weight excluding hydrogens is 182 g/mol. The maximum atomic E-state index is 11.2. The van der Waals surface area contributed by atoms with Crippen LogP contribution < -0.4 is 5.32 Å². The molecule has 1 atom stereocenters. The topological polar surface area (TPSA) is 58.6 Å². The summed E-state index contributed by atoms with van der Waals surface area (Å²) in [5.74, 6) is -0.353. The van der Waals surface area contributed by atoms with Gasteiger partial charge in [0.2, 0.25) is 0 Å². The van der Waals surface area contributed by atoms with E-state index < -0.39 is 6.23 Å². The van der Waals surface area contributed by atoms with Gasteiger partial charge < -0.3 is 15.2 Å². The second-order valence-corrected chi connectivity index (χ2v) is 3.23. The lowest BCUT2D eigenvalue weighted by atomic mass is 10.1. The molecule has 0 radical (unpaired) electrons. The molecule has 4 nitrogen and oxygen atoms in total. The smallest absolute Gasteiger partial charge is 0.337 e. The lowest BCUT2D eigenvalue weighted by molar-refractivity contribution is 0.0600. The average Bonchev–Trinajstić information content (AvgIpc) is 2.55. The number of aliphatic hydroxyl groups excluding tert-OH is 1. The molecule has 0 saturated heterocycles. The van der Waals surface area contributed by atoms with E-state index in [1.807, 2.05) is 0 Å². The molecule has 14 heavy (non-hydrogen) atoms. The third-order valence-corrected chi connectivity index (χ3v) is 2.26. The van der Waals surface area contributed by atoms with E-state index in [-0.39, 0.29) is 5.97 Å². The zero-order valence-corrected chi connectivity index (χ0v) is 7.78. The van der Waals surface area contributed by atoms with Crippen molar-refractivity contribution in [3.63, 3.8) is 0 Å². The Kier molecular flexibility index (Phi) is 2.13. The van der Waals surface area contributed by atoms with Gasteiger partial charge in [0.15, 0.2) is 0 Å². The molecule has 1 aliphatic heterocycles. The Morgan fingerprint density at radius 2 is 2.43 bits per heavy atom. The first-order valence-corrected chi connectivity index (χ1v) is 4.36. The Hall–Kier alpha value is -1.55. The minimum Gasteiger partial charge on any atom is -0.465 e. The molecule has 2 rings (SSSR count). The lowest BCUT2D eigenvalue weighted by Gasteiger charge is -2.02. The van der Waals surface area contributed by atoms with Crippen molar-refractivity contribution in [2.75, 3.05) is 12.4 Å². The average molecular weight is 193 g/mol. The molecule has 0 spiro atoms. The molecule has 0 amide bonds. The molecule has 1 aromatic carbocycles. The standard InChI is InChI=1S/C10H11NO3/c1-14-10(13)6-2-3-8-7(4-6)5-9(12)11-8/h2-4,9,11-12H,5H2,1H3. The molecule has 1 aliphatic rings. The number of ether oxygens (including phenoxy) is 1. The normalized spacial score (nSPS) is 18.6. The minimum absolute atomic E-state index is 0.353. The quantitative estimate of drug-likeness (QED) is 0.646. The van der Waals surface area contributed by atoms with Crippen LogP contribution in [0.5, 0.6) is 0 Å². The molecule has 1 aromatic rings. The fraction of sp³-hybridized carbons (Fsp3) is 0.300. The third-order valence-electron chi connectivity index (χ3n) is 2.26. The zero-order valence-electron chi connectivity index (χ0n) is 7.78. The molecule has 0 aromatic heterocycles. The van der Waals surface area contributed by atoms with Crippen LogP contribution in [-0.2, 0) is 11.2 Å². The van der Waals surface area contributed by atoms with Gasteiger partial charge in [-0.15, -0.1) is 0 Å². The van der Waals surface area contributed by atoms with Gasteiger partial charge in [-0.25, -0.2) is 4.79 Å². The van der Waals surface area contributed by atoms with Crippen LogP contribution >= 0.6 is 0 Å². The molecule has 1 unspecified atom stereocenters. The van der Waals surface area contributed by atoms with Crippen molar-refractivity contribution in [3.05, 3.63) is 29.3 Å². The second kappa shape index (κ2) is 3.31. The summed E-state index contributed by atoms with van der Waals surface area (Å²) in [5.41, 5.74) is 2.34. The fourth-order valence-electron chi connectivity index (χ4n) is 1.59. The fourth-order valence-corrected chi connectivity index (χ4v) is 1.59. The number of aliphatic hydroxyl groups is 1. The van der Waals surface area contributed by atoms with E-state index in [1.54, 1.807) is 18.2 Å². The van der Waals surface area contributed by atoms with Gasteiger partial charge in [-0.05, 0) is 23.8 Å². The summed E-state index contributed by atoms with van der Waals surface area (Å²) in [6, 6.07) is 5.19. The molecule has 74 valence electrons. The number of carbonyl (C=O) groups excluding carboxylic acids is 1. The van der Waals surface area contributed by atoms with Crippen molar-refractivity contribution in [2.24, 2.45) is 0 Å². The number of hydrogen-bond acceptors (Lipinski definition) is 4. The number of benzene rings is 1. The highest BCUT2D eigenvalue weighted by atomic mass is 16.5. The Labute approximate surface area is 81.5 Å². The first kappa shape index (κ1) is 9.02. The van der Waals surface area contributed by atoms with Crippen molar-refractivity contribution >= 4 is 11.7 Å². The van der Waals surface area contributed by atoms with Crippen molar-refractivity contribution < 1.29 is 14.6 Å². The number of fused-ring (bicyclic) bond motifs is 1. The Morgan fingerprint density at radius 3 is 3.14 bits per heavy atom. The van der Waals surface area contributed by atoms with E-state index in [9.17, 15) is 9.90 Å². The van der Waals surface area contributed by atoms with Crippen molar-refractivity contribution in [2.45, 2.75) is 12.6 Å². The summed E-state index contributed by atoms with van der Waals surface area (Å²) in [6.07, 6.45) is -0.0157. The first-order valence-electron chi connectivity index (χ1n) is 4.36. The number of hydrogen-bond donors (Lipinski definition) is 2. The highest BCUT2D eigenvalue weighted by Crippen LogP contribution is 2.25. The van der Waals surface area contributed by atoms with Gasteiger partial charge in [0, 0.05) is 12.1 Å². The number of carbonyl (C=O) groups is 1. The van der Waals surface area contributed by atoms with Crippen LogP contribution in [0.3, 0.4) is 0 Å². The van der Waals surface area contributed by atoms with Crippen LogP contribution in [0.1, 0.15) is 15.9 Å². The molecule has 0 fully saturated rings. The van der Waals surface area contributed by atoms with Crippen LogP contribution in [0.4, 0.5) is 5.69 Å². The second-order valence-electron chi connectivity index (χ2n) is 3.23. The highest BCUT2D eigenvalue weighted by Gasteiger charge is 2.19. The number of anilines is 1. The van der Waals surface area contributed by atoms with E-state index in [0.717, 1.165) is 11.3 Å². The van der Waals surface area contributed by atoms with E-state index in [1.165, 1.54) is 7.11 Å². The predicted octanol–water partition coefficient (Wildman–Crippen LogP) is 0.760. The molecule has 0 aliphatic carbocycles. The predicted molar refractivity (Wildman–Crippen MR) is 51.1 cm³/mol. The monoisotopic (exact) mass is 193 g/mol. The number of nitrogens with one attached hydrogen (secondary N) is 1. The van der Waals surface area contributed by atoms with E-state index >= 15 is 0 Å². The van der Waals surface area contributed by atoms with Crippen LogP contribution in [0, 0.1) is 0 Å². The number of methoxy groups -OCH3 is 1. The SMILES string of the molecule is COC(=O)c1ccc2c(c1)CC(O)N2. The van der Waals surface area contributed by atoms with Gasteiger partial charge in [0.05, 0.1) is 12.7 Å². The van der Waals surface area contributed by atoms with Crippen molar-refractivity contribution in [1.82, 2.24) is 0 Å². The van der Waals surface area contributed by atoms with Gasteiger partial charge in [0.25, 0.3) is 0 Å². The summed E-state index contributed by atoms with van der Waals surface area (Å²) < 4.78 is 4.60. The molecular formula is C10H11NO3. The van der Waals surface area contributed by atoms with Gasteiger partial charge >= 0.3 is 5.97 Å². The van der Waals surface area contributed by atoms with E-state index in [2.05, 4.69) is 10.1 Å². The summed E-state index contributed by atoms with van der Waals surface area (Å²) in [7, 11) is 1.35. The van der Waals surface area contributed by atoms with Gasteiger partial charge in [0.1, 0.15) is 6.23 Å². The molecule has 0 saturated carbocycles. The van der Waals surface area contributed by atoms with Crippen LogP contribution in [-0.4, -0.2) is 24.4 Å².